The lowest BCUT2D eigenvalue weighted by Gasteiger charge is -2.28. The van der Waals surface area contributed by atoms with Crippen LogP contribution in [0.5, 0.6) is 0 Å². The third kappa shape index (κ3) is 3.69. The first-order valence-electron chi connectivity index (χ1n) is 8.68. The van der Waals surface area contributed by atoms with Crippen molar-refractivity contribution in [2.45, 2.75) is 64.5 Å². The lowest BCUT2D eigenvalue weighted by molar-refractivity contribution is 0.0218. The summed E-state index contributed by atoms with van der Waals surface area (Å²) in [6.07, 6.45) is 9.74. The van der Waals surface area contributed by atoms with Crippen LogP contribution in [-0.2, 0) is 17.6 Å². The predicted molar refractivity (Wildman–Crippen MR) is 91.3 cm³/mol. The van der Waals surface area contributed by atoms with Crippen LogP contribution in [0.15, 0.2) is 6.07 Å². The monoisotopic (exact) mass is 327 g/mol. The number of terminal acetylenes is 1. The standard InChI is InChI=1S/C19H25N3O2/c1-5-13-8-9-14-12-15(11-13)21-17(20-14)16-7-6-10-22(16)18(23)24-19(2,3)4/h1,12-13,16H,6-11H2,2-4H3. The third-order valence-corrected chi connectivity index (χ3v) is 4.47. The first kappa shape index (κ1) is 16.8. The summed E-state index contributed by atoms with van der Waals surface area (Å²) in [6, 6.07) is 1.95. The number of fused-ring (bicyclic) bond motifs is 2. The van der Waals surface area contributed by atoms with E-state index in [2.05, 4.69) is 5.92 Å². The second kappa shape index (κ2) is 6.43. The largest absolute Gasteiger partial charge is 0.444 e. The highest BCUT2D eigenvalue weighted by Crippen LogP contribution is 2.32. The highest BCUT2D eigenvalue weighted by Gasteiger charge is 2.35. The molecule has 1 aliphatic carbocycles. The van der Waals surface area contributed by atoms with Crippen molar-refractivity contribution in [1.29, 1.82) is 0 Å². The molecule has 24 heavy (non-hydrogen) atoms. The molecule has 5 nitrogen and oxygen atoms in total. The maximum atomic E-state index is 12.5. The predicted octanol–water partition coefficient (Wildman–Crippen LogP) is 3.29. The molecule has 1 aliphatic heterocycles. The zero-order valence-corrected chi connectivity index (χ0v) is 14.7. The molecule has 0 saturated carbocycles. The van der Waals surface area contributed by atoms with Crippen molar-refractivity contribution in [2.75, 3.05) is 6.54 Å². The van der Waals surface area contributed by atoms with Crippen molar-refractivity contribution in [1.82, 2.24) is 14.9 Å². The summed E-state index contributed by atoms with van der Waals surface area (Å²) in [6.45, 7) is 6.34. The van der Waals surface area contributed by atoms with E-state index in [1.54, 1.807) is 4.90 Å². The number of hydrogen-bond donors (Lipinski definition) is 0. The van der Waals surface area contributed by atoms with Gasteiger partial charge in [-0.25, -0.2) is 14.8 Å². The van der Waals surface area contributed by atoms with Gasteiger partial charge in [0.05, 0.1) is 6.04 Å². The van der Waals surface area contributed by atoms with E-state index in [1.165, 1.54) is 0 Å². The van der Waals surface area contributed by atoms with Gasteiger partial charge in [-0.2, -0.15) is 0 Å². The number of aryl methyl sites for hydroxylation is 1. The van der Waals surface area contributed by atoms with Crippen molar-refractivity contribution in [3.63, 3.8) is 0 Å². The first-order valence-corrected chi connectivity index (χ1v) is 8.68. The van der Waals surface area contributed by atoms with E-state index in [0.717, 1.165) is 49.3 Å². The maximum Gasteiger partial charge on any atom is 0.410 e. The van der Waals surface area contributed by atoms with Crippen LogP contribution in [0.3, 0.4) is 0 Å². The molecule has 3 rings (SSSR count). The molecule has 0 spiro atoms. The molecule has 1 amide bonds. The number of aromatic nitrogens is 2. The molecule has 2 atom stereocenters. The van der Waals surface area contributed by atoms with E-state index in [-0.39, 0.29) is 18.1 Å². The summed E-state index contributed by atoms with van der Waals surface area (Å²) >= 11 is 0. The Balaban J connectivity index is 1.83. The van der Waals surface area contributed by atoms with Crippen molar-refractivity contribution in [2.24, 2.45) is 5.92 Å². The fraction of sp³-hybridized carbons (Fsp3) is 0.632. The van der Waals surface area contributed by atoms with E-state index >= 15 is 0 Å². The minimum Gasteiger partial charge on any atom is -0.444 e. The zero-order valence-electron chi connectivity index (χ0n) is 14.7. The Morgan fingerprint density at radius 3 is 2.79 bits per heavy atom. The molecule has 128 valence electrons. The normalized spacial score (nSPS) is 23.5. The Morgan fingerprint density at radius 1 is 1.33 bits per heavy atom. The van der Waals surface area contributed by atoms with Gasteiger partial charge in [0.15, 0.2) is 5.82 Å². The van der Waals surface area contributed by atoms with Gasteiger partial charge < -0.3 is 4.74 Å². The third-order valence-electron chi connectivity index (χ3n) is 4.47. The highest BCUT2D eigenvalue weighted by molar-refractivity contribution is 5.69. The van der Waals surface area contributed by atoms with E-state index in [9.17, 15) is 4.79 Å². The summed E-state index contributed by atoms with van der Waals surface area (Å²) in [5, 5.41) is 0. The topological polar surface area (TPSA) is 55.3 Å². The van der Waals surface area contributed by atoms with Gasteiger partial charge in [0.2, 0.25) is 0 Å². The van der Waals surface area contributed by atoms with Gasteiger partial charge in [0.25, 0.3) is 0 Å². The molecule has 1 saturated heterocycles. The van der Waals surface area contributed by atoms with Crippen LogP contribution < -0.4 is 0 Å². The van der Waals surface area contributed by atoms with E-state index in [4.69, 9.17) is 21.1 Å². The van der Waals surface area contributed by atoms with Crippen LogP contribution in [0.4, 0.5) is 4.79 Å². The van der Waals surface area contributed by atoms with Crippen LogP contribution in [0.2, 0.25) is 0 Å². The van der Waals surface area contributed by atoms with Crippen LogP contribution in [-0.4, -0.2) is 33.1 Å². The van der Waals surface area contributed by atoms with Crippen LogP contribution in [0.1, 0.15) is 63.3 Å². The summed E-state index contributed by atoms with van der Waals surface area (Å²) in [4.78, 5) is 23.7. The number of carbonyl (C=O) groups is 1. The lowest BCUT2D eigenvalue weighted by Crippen LogP contribution is -2.37. The SMILES string of the molecule is C#CC1CCc2cc(nc(C3CCCN3C(=O)OC(C)(C)C)n2)C1. The number of likely N-dealkylation sites (tertiary alicyclic amines) is 1. The summed E-state index contributed by atoms with van der Waals surface area (Å²) in [7, 11) is 0. The fourth-order valence-electron chi connectivity index (χ4n) is 3.35. The molecular weight excluding hydrogens is 302 g/mol. The second-order valence-corrected chi connectivity index (χ2v) is 7.65. The Hall–Kier alpha value is -2.09. The number of carbonyl (C=O) groups excluding carboxylic acids is 1. The van der Waals surface area contributed by atoms with Crippen LogP contribution in [0.25, 0.3) is 0 Å². The van der Waals surface area contributed by atoms with Crippen molar-refractivity contribution >= 4 is 6.09 Å². The molecule has 1 aromatic heterocycles. The average molecular weight is 327 g/mol. The second-order valence-electron chi connectivity index (χ2n) is 7.65. The molecule has 2 unspecified atom stereocenters. The van der Waals surface area contributed by atoms with E-state index < -0.39 is 5.60 Å². The number of nitrogens with zero attached hydrogens (tertiary/aromatic N) is 3. The Kier molecular flexibility index (Phi) is 4.49. The summed E-state index contributed by atoms with van der Waals surface area (Å²) in [5.74, 6) is 3.80. The zero-order chi connectivity index (χ0) is 17.3. The highest BCUT2D eigenvalue weighted by atomic mass is 16.6. The van der Waals surface area contributed by atoms with Gasteiger partial charge in [-0.15, -0.1) is 12.3 Å². The molecular formula is C19H25N3O2. The van der Waals surface area contributed by atoms with E-state index in [1.807, 2.05) is 26.8 Å². The van der Waals surface area contributed by atoms with Gasteiger partial charge in [0, 0.05) is 30.3 Å². The van der Waals surface area contributed by atoms with Gasteiger partial charge >= 0.3 is 6.09 Å². The van der Waals surface area contributed by atoms with E-state index in [0.29, 0.717) is 6.54 Å². The molecule has 2 heterocycles. The summed E-state index contributed by atoms with van der Waals surface area (Å²) in [5.41, 5.74) is 1.52. The maximum absolute atomic E-state index is 12.5. The first-order chi connectivity index (χ1) is 11.4. The van der Waals surface area contributed by atoms with Crippen LogP contribution >= 0.6 is 0 Å². The fourth-order valence-corrected chi connectivity index (χ4v) is 3.35. The van der Waals surface area contributed by atoms with Gasteiger partial charge in [-0.3, -0.25) is 4.90 Å². The number of hydrogen-bond acceptors (Lipinski definition) is 4. The Labute approximate surface area is 143 Å². The smallest absolute Gasteiger partial charge is 0.410 e. The molecule has 1 aromatic rings. The van der Waals surface area contributed by atoms with Crippen molar-refractivity contribution < 1.29 is 9.53 Å². The molecule has 0 N–H and O–H groups in total. The number of rotatable bonds is 1. The molecule has 1 fully saturated rings. The quantitative estimate of drug-likeness (QED) is 0.743. The Morgan fingerprint density at radius 2 is 2.08 bits per heavy atom. The van der Waals surface area contributed by atoms with Crippen molar-refractivity contribution in [3.8, 4) is 12.3 Å². The number of ether oxygens (including phenoxy) is 1. The molecule has 5 heteroatoms. The van der Waals surface area contributed by atoms with Gasteiger partial charge in [-0.1, -0.05) is 0 Å². The summed E-state index contributed by atoms with van der Waals surface area (Å²) < 4.78 is 5.54. The Bertz CT molecular complexity index is 672. The molecule has 0 aromatic carbocycles. The molecule has 2 bridgehead atoms. The van der Waals surface area contributed by atoms with Crippen LogP contribution in [0, 0.1) is 18.3 Å². The lowest BCUT2D eigenvalue weighted by atomic mass is 10.0. The minimum absolute atomic E-state index is 0.0964. The van der Waals surface area contributed by atoms with Gasteiger partial charge in [0.1, 0.15) is 5.60 Å². The average Bonchev–Trinajstić information content (AvgIpc) is 2.94. The van der Waals surface area contributed by atoms with Gasteiger partial charge in [-0.05, 0) is 52.5 Å². The number of amides is 1. The minimum atomic E-state index is -0.499. The molecule has 0 radical (unpaired) electrons. The molecule has 2 aliphatic rings. The van der Waals surface area contributed by atoms with Crippen molar-refractivity contribution in [3.05, 3.63) is 23.3 Å².